The molecule has 1 fully saturated rings. The van der Waals surface area contributed by atoms with Gasteiger partial charge in [-0.2, -0.15) is 0 Å². The maximum atomic E-state index is 11.8. The standard InChI is InChI=1S/C13H23N3O4/c1-2-6-14-13(20)15-11(17)9-16-7-4-3-5-10(16)8-12(18)19/h10H,2-9H2,1H3,(H,18,19)(H2,14,15,17,20). The minimum absolute atomic E-state index is 0.0370. The van der Waals surface area contributed by atoms with Crippen LogP contribution >= 0.6 is 0 Å². The van der Waals surface area contributed by atoms with E-state index in [2.05, 4.69) is 10.6 Å². The summed E-state index contributed by atoms with van der Waals surface area (Å²) >= 11 is 0. The fourth-order valence-electron chi connectivity index (χ4n) is 2.33. The van der Waals surface area contributed by atoms with Gasteiger partial charge in [0.2, 0.25) is 5.91 Å². The van der Waals surface area contributed by atoms with Crippen molar-refractivity contribution in [2.45, 2.75) is 45.1 Å². The van der Waals surface area contributed by atoms with E-state index in [0.29, 0.717) is 13.1 Å². The average Bonchev–Trinajstić information content (AvgIpc) is 2.38. The van der Waals surface area contributed by atoms with Crippen LogP contribution in [-0.4, -0.2) is 53.6 Å². The molecule has 20 heavy (non-hydrogen) atoms. The molecule has 0 aliphatic carbocycles. The van der Waals surface area contributed by atoms with Crippen LogP contribution in [0.1, 0.15) is 39.0 Å². The number of carbonyl (C=O) groups is 3. The van der Waals surface area contributed by atoms with E-state index in [9.17, 15) is 14.4 Å². The lowest BCUT2D eigenvalue weighted by atomic mass is 9.99. The van der Waals surface area contributed by atoms with Crippen LogP contribution in [-0.2, 0) is 9.59 Å². The zero-order valence-corrected chi connectivity index (χ0v) is 11.9. The number of carboxylic acids is 1. The Bertz CT molecular complexity index is 360. The molecule has 1 aliphatic heterocycles. The van der Waals surface area contributed by atoms with Crippen LogP contribution in [0.2, 0.25) is 0 Å². The Morgan fingerprint density at radius 2 is 2.05 bits per heavy atom. The second kappa shape index (κ2) is 8.52. The smallest absolute Gasteiger partial charge is 0.321 e. The van der Waals surface area contributed by atoms with Gasteiger partial charge in [0, 0.05) is 12.6 Å². The van der Waals surface area contributed by atoms with E-state index in [1.807, 2.05) is 11.8 Å². The molecule has 0 saturated carbocycles. The second-order valence-electron chi connectivity index (χ2n) is 5.02. The molecule has 0 bridgehead atoms. The highest BCUT2D eigenvalue weighted by Crippen LogP contribution is 2.19. The van der Waals surface area contributed by atoms with Gasteiger partial charge in [-0.15, -0.1) is 0 Å². The first-order valence-electron chi connectivity index (χ1n) is 7.06. The van der Waals surface area contributed by atoms with E-state index >= 15 is 0 Å². The van der Waals surface area contributed by atoms with Crippen LogP contribution in [0.5, 0.6) is 0 Å². The summed E-state index contributed by atoms with van der Waals surface area (Å²) < 4.78 is 0. The van der Waals surface area contributed by atoms with Crippen LogP contribution in [0.4, 0.5) is 4.79 Å². The fourth-order valence-corrected chi connectivity index (χ4v) is 2.33. The number of nitrogens with zero attached hydrogens (tertiary/aromatic N) is 1. The topological polar surface area (TPSA) is 98.7 Å². The number of carboxylic acid groups (broad SMARTS) is 1. The Balaban J connectivity index is 2.41. The maximum Gasteiger partial charge on any atom is 0.321 e. The van der Waals surface area contributed by atoms with Crippen LogP contribution in [0.15, 0.2) is 0 Å². The Kier molecular flexibility index (Phi) is 7.00. The molecule has 1 aliphatic rings. The van der Waals surface area contributed by atoms with Crippen molar-refractivity contribution in [2.24, 2.45) is 0 Å². The molecular weight excluding hydrogens is 262 g/mol. The Morgan fingerprint density at radius 1 is 1.30 bits per heavy atom. The third kappa shape index (κ3) is 6.01. The molecule has 1 heterocycles. The third-order valence-electron chi connectivity index (χ3n) is 3.29. The third-order valence-corrected chi connectivity index (χ3v) is 3.29. The molecular formula is C13H23N3O4. The van der Waals surface area contributed by atoms with Gasteiger partial charge in [0.05, 0.1) is 13.0 Å². The first kappa shape index (κ1) is 16.4. The van der Waals surface area contributed by atoms with Gasteiger partial charge in [0.25, 0.3) is 0 Å². The van der Waals surface area contributed by atoms with Crippen molar-refractivity contribution < 1.29 is 19.5 Å². The van der Waals surface area contributed by atoms with Gasteiger partial charge in [-0.05, 0) is 25.8 Å². The molecule has 1 atom stereocenters. The van der Waals surface area contributed by atoms with Gasteiger partial charge < -0.3 is 10.4 Å². The van der Waals surface area contributed by atoms with Crippen molar-refractivity contribution in [1.29, 1.82) is 0 Å². The number of hydrogen-bond donors (Lipinski definition) is 3. The molecule has 0 aromatic heterocycles. The van der Waals surface area contributed by atoms with Crippen molar-refractivity contribution >= 4 is 17.9 Å². The summed E-state index contributed by atoms with van der Waals surface area (Å²) in [5.41, 5.74) is 0. The highest BCUT2D eigenvalue weighted by atomic mass is 16.4. The second-order valence-corrected chi connectivity index (χ2v) is 5.02. The van der Waals surface area contributed by atoms with E-state index in [1.165, 1.54) is 0 Å². The van der Waals surface area contributed by atoms with Crippen LogP contribution < -0.4 is 10.6 Å². The van der Waals surface area contributed by atoms with Gasteiger partial charge in [0.15, 0.2) is 0 Å². The lowest BCUT2D eigenvalue weighted by Gasteiger charge is -2.34. The number of amides is 3. The maximum absolute atomic E-state index is 11.8. The van der Waals surface area contributed by atoms with E-state index in [4.69, 9.17) is 5.11 Å². The monoisotopic (exact) mass is 285 g/mol. The Labute approximate surface area is 118 Å². The van der Waals surface area contributed by atoms with Crippen LogP contribution in [0.3, 0.4) is 0 Å². The molecule has 0 aromatic carbocycles. The number of aliphatic carboxylic acids is 1. The average molecular weight is 285 g/mol. The summed E-state index contributed by atoms with van der Waals surface area (Å²) in [5, 5.41) is 13.7. The van der Waals surface area contributed by atoms with E-state index < -0.39 is 17.9 Å². The van der Waals surface area contributed by atoms with E-state index in [0.717, 1.165) is 25.7 Å². The molecule has 3 amide bonds. The molecule has 0 spiro atoms. The summed E-state index contributed by atoms with van der Waals surface area (Å²) in [6, 6.07) is -0.616. The van der Waals surface area contributed by atoms with Crippen molar-refractivity contribution in [1.82, 2.24) is 15.5 Å². The minimum atomic E-state index is -0.858. The van der Waals surface area contributed by atoms with Crippen molar-refractivity contribution in [2.75, 3.05) is 19.6 Å². The number of likely N-dealkylation sites (tertiary alicyclic amines) is 1. The predicted octanol–water partition coefficient (Wildman–Crippen LogP) is 0.551. The lowest BCUT2D eigenvalue weighted by Crippen LogP contribution is -2.49. The highest BCUT2D eigenvalue weighted by molar-refractivity contribution is 5.95. The molecule has 7 nitrogen and oxygen atoms in total. The van der Waals surface area contributed by atoms with Crippen LogP contribution in [0.25, 0.3) is 0 Å². The number of piperidine rings is 1. The molecule has 1 unspecified atom stereocenters. The molecule has 0 aromatic rings. The number of carbonyl (C=O) groups excluding carboxylic acids is 2. The first-order chi connectivity index (χ1) is 9.52. The van der Waals surface area contributed by atoms with Crippen molar-refractivity contribution in [3.05, 3.63) is 0 Å². The normalized spacial score (nSPS) is 19.4. The molecule has 7 heteroatoms. The van der Waals surface area contributed by atoms with Gasteiger partial charge in [-0.3, -0.25) is 19.8 Å². The summed E-state index contributed by atoms with van der Waals surface area (Å²) in [5.74, 6) is -1.25. The summed E-state index contributed by atoms with van der Waals surface area (Å²) in [6.07, 6.45) is 3.55. The Morgan fingerprint density at radius 3 is 2.70 bits per heavy atom. The largest absolute Gasteiger partial charge is 0.481 e. The van der Waals surface area contributed by atoms with E-state index in [1.54, 1.807) is 0 Å². The lowest BCUT2D eigenvalue weighted by molar-refractivity contribution is -0.139. The summed E-state index contributed by atoms with van der Waals surface area (Å²) in [7, 11) is 0. The SMILES string of the molecule is CCCNC(=O)NC(=O)CN1CCCCC1CC(=O)O. The minimum Gasteiger partial charge on any atom is -0.481 e. The van der Waals surface area contributed by atoms with Crippen molar-refractivity contribution in [3.63, 3.8) is 0 Å². The molecule has 1 saturated heterocycles. The molecule has 1 rings (SSSR count). The zero-order valence-electron chi connectivity index (χ0n) is 11.9. The number of urea groups is 1. The van der Waals surface area contributed by atoms with Crippen molar-refractivity contribution in [3.8, 4) is 0 Å². The summed E-state index contributed by atoms with van der Waals surface area (Å²) in [6.45, 7) is 3.20. The highest BCUT2D eigenvalue weighted by Gasteiger charge is 2.26. The van der Waals surface area contributed by atoms with E-state index in [-0.39, 0.29) is 19.0 Å². The fraction of sp³-hybridized carbons (Fsp3) is 0.769. The zero-order chi connectivity index (χ0) is 15.0. The predicted molar refractivity (Wildman–Crippen MR) is 73.3 cm³/mol. The molecule has 3 N–H and O–H groups in total. The molecule has 114 valence electrons. The molecule has 0 radical (unpaired) electrons. The number of rotatable bonds is 6. The van der Waals surface area contributed by atoms with Gasteiger partial charge in [-0.1, -0.05) is 13.3 Å². The number of hydrogen-bond acceptors (Lipinski definition) is 4. The quantitative estimate of drug-likeness (QED) is 0.662. The van der Waals surface area contributed by atoms with Crippen LogP contribution in [0, 0.1) is 0 Å². The summed E-state index contributed by atoms with van der Waals surface area (Å²) in [4.78, 5) is 35.8. The number of imide groups is 1. The van der Waals surface area contributed by atoms with Gasteiger partial charge >= 0.3 is 12.0 Å². The van der Waals surface area contributed by atoms with Gasteiger partial charge in [-0.25, -0.2) is 4.79 Å². The first-order valence-corrected chi connectivity index (χ1v) is 7.06. The van der Waals surface area contributed by atoms with Gasteiger partial charge in [0.1, 0.15) is 0 Å². The Hall–Kier alpha value is -1.63. The number of nitrogens with one attached hydrogen (secondary N) is 2.